The van der Waals surface area contributed by atoms with Crippen molar-refractivity contribution in [2.24, 2.45) is 5.92 Å². The Morgan fingerprint density at radius 2 is 2.11 bits per heavy atom. The molecule has 1 N–H and O–H groups in total. The number of aliphatic hydroxyl groups is 1. The van der Waals surface area contributed by atoms with Gasteiger partial charge in [-0.2, -0.15) is 0 Å². The Kier molecular flexibility index (Phi) is 4.41. The van der Waals surface area contributed by atoms with Crippen molar-refractivity contribution < 1.29 is 5.11 Å². The van der Waals surface area contributed by atoms with Crippen LogP contribution in [0.25, 0.3) is 0 Å². The van der Waals surface area contributed by atoms with Crippen molar-refractivity contribution in [3.63, 3.8) is 0 Å². The molecule has 0 radical (unpaired) electrons. The van der Waals surface area contributed by atoms with Crippen molar-refractivity contribution in [2.75, 3.05) is 13.2 Å². The molecule has 1 aromatic rings. The minimum atomic E-state index is -0.0779. The Balaban J connectivity index is 2.14. The summed E-state index contributed by atoms with van der Waals surface area (Å²) in [5.74, 6) is 6.56. The van der Waals surface area contributed by atoms with E-state index in [-0.39, 0.29) is 6.61 Å². The average molecular weight is 243 g/mol. The Bertz CT molecular complexity index is 458. The van der Waals surface area contributed by atoms with Gasteiger partial charge in [-0.3, -0.25) is 4.90 Å². The Hall–Kier alpha value is -1.30. The number of hydrogen-bond acceptors (Lipinski definition) is 2. The molecule has 0 bridgehead atoms. The Morgan fingerprint density at radius 3 is 2.78 bits per heavy atom. The standard InChI is InChI=1S/C16H21NO/c1-13-10-14(2)17(11-13)12-16-7-4-3-6-15(16)8-5-9-18/h3-4,6-7,13-14,18H,9-12H2,1-2H3. The molecule has 1 aliphatic rings. The second-order valence-electron chi connectivity index (χ2n) is 5.24. The van der Waals surface area contributed by atoms with Crippen LogP contribution in [0.2, 0.25) is 0 Å². The number of aliphatic hydroxyl groups excluding tert-OH is 1. The lowest BCUT2D eigenvalue weighted by Gasteiger charge is -2.21. The Labute approximate surface area is 110 Å². The van der Waals surface area contributed by atoms with E-state index >= 15 is 0 Å². The van der Waals surface area contributed by atoms with Gasteiger partial charge in [0.15, 0.2) is 0 Å². The van der Waals surface area contributed by atoms with Gasteiger partial charge in [-0.1, -0.05) is 37.0 Å². The third kappa shape index (κ3) is 3.13. The summed E-state index contributed by atoms with van der Waals surface area (Å²) < 4.78 is 0. The van der Waals surface area contributed by atoms with Gasteiger partial charge < -0.3 is 5.11 Å². The van der Waals surface area contributed by atoms with Crippen molar-refractivity contribution in [1.82, 2.24) is 4.90 Å². The number of hydrogen-bond donors (Lipinski definition) is 1. The second-order valence-corrected chi connectivity index (χ2v) is 5.24. The number of benzene rings is 1. The van der Waals surface area contributed by atoms with Crippen LogP contribution in [0.1, 0.15) is 31.4 Å². The van der Waals surface area contributed by atoms with Crippen molar-refractivity contribution in [3.05, 3.63) is 35.4 Å². The van der Waals surface area contributed by atoms with Crippen molar-refractivity contribution in [2.45, 2.75) is 32.9 Å². The first-order valence-corrected chi connectivity index (χ1v) is 6.62. The van der Waals surface area contributed by atoms with E-state index in [1.54, 1.807) is 0 Å². The van der Waals surface area contributed by atoms with E-state index in [1.807, 2.05) is 12.1 Å². The molecule has 1 fully saturated rings. The van der Waals surface area contributed by atoms with Gasteiger partial charge in [0.1, 0.15) is 6.61 Å². The molecule has 1 heterocycles. The van der Waals surface area contributed by atoms with Gasteiger partial charge >= 0.3 is 0 Å². The van der Waals surface area contributed by atoms with E-state index in [0.717, 1.165) is 18.0 Å². The van der Waals surface area contributed by atoms with Crippen molar-refractivity contribution in [1.29, 1.82) is 0 Å². The minimum Gasteiger partial charge on any atom is -0.384 e. The van der Waals surface area contributed by atoms with E-state index in [9.17, 15) is 0 Å². The summed E-state index contributed by atoms with van der Waals surface area (Å²) in [6, 6.07) is 8.88. The van der Waals surface area contributed by atoms with Crippen LogP contribution in [0.3, 0.4) is 0 Å². The highest BCUT2D eigenvalue weighted by molar-refractivity contribution is 5.41. The largest absolute Gasteiger partial charge is 0.384 e. The zero-order valence-corrected chi connectivity index (χ0v) is 11.2. The predicted octanol–water partition coefficient (Wildman–Crippen LogP) is 2.26. The van der Waals surface area contributed by atoms with E-state index in [2.05, 4.69) is 42.7 Å². The molecule has 2 heteroatoms. The van der Waals surface area contributed by atoms with Crippen molar-refractivity contribution in [3.8, 4) is 11.8 Å². The average Bonchev–Trinajstić information content (AvgIpc) is 2.67. The number of rotatable bonds is 2. The fourth-order valence-corrected chi connectivity index (χ4v) is 2.74. The highest BCUT2D eigenvalue weighted by atomic mass is 16.2. The van der Waals surface area contributed by atoms with Crippen LogP contribution in [0.15, 0.2) is 24.3 Å². The zero-order valence-electron chi connectivity index (χ0n) is 11.2. The third-order valence-electron chi connectivity index (χ3n) is 3.61. The summed E-state index contributed by atoms with van der Waals surface area (Å²) in [7, 11) is 0. The topological polar surface area (TPSA) is 23.5 Å². The van der Waals surface area contributed by atoms with Crippen molar-refractivity contribution >= 4 is 0 Å². The molecule has 2 rings (SSSR count). The normalized spacial score (nSPS) is 23.7. The maximum Gasteiger partial charge on any atom is 0.104 e. The SMILES string of the molecule is CC1CC(C)N(Cc2ccccc2C#CCO)C1. The smallest absolute Gasteiger partial charge is 0.104 e. The van der Waals surface area contributed by atoms with Crippen LogP contribution in [0, 0.1) is 17.8 Å². The van der Waals surface area contributed by atoms with E-state index < -0.39 is 0 Å². The molecule has 96 valence electrons. The van der Waals surface area contributed by atoms with Crippen LogP contribution in [-0.4, -0.2) is 29.2 Å². The van der Waals surface area contributed by atoms with Crippen LogP contribution in [0.4, 0.5) is 0 Å². The predicted molar refractivity (Wildman–Crippen MR) is 74.1 cm³/mol. The van der Waals surface area contributed by atoms with Crippen LogP contribution in [0.5, 0.6) is 0 Å². The van der Waals surface area contributed by atoms with E-state index in [4.69, 9.17) is 5.11 Å². The van der Waals surface area contributed by atoms with Gasteiger partial charge in [0.05, 0.1) is 0 Å². The first-order chi connectivity index (χ1) is 8.70. The number of likely N-dealkylation sites (tertiary alicyclic amines) is 1. The summed E-state index contributed by atoms with van der Waals surface area (Å²) in [4.78, 5) is 2.52. The van der Waals surface area contributed by atoms with Gasteiger partial charge in [-0.25, -0.2) is 0 Å². The molecule has 1 aromatic carbocycles. The fourth-order valence-electron chi connectivity index (χ4n) is 2.74. The molecule has 18 heavy (non-hydrogen) atoms. The highest BCUT2D eigenvalue weighted by Crippen LogP contribution is 2.24. The van der Waals surface area contributed by atoms with E-state index in [0.29, 0.717) is 6.04 Å². The quantitative estimate of drug-likeness (QED) is 0.805. The maximum atomic E-state index is 8.80. The molecular weight excluding hydrogens is 222 g/mol. The summed E-state index contributed by atoms with van der Waals surface area (Å²) in [5.41, 5.74) is 2.30. The van der Waals surface area contributed by atoms with Gasteiger partial charge in [-0.05, 0) is 30.9 Å². The molecule has 0 spiro atoms. The summed E-state index contributed by atoms with van der Waals surface area (Å²) in [5, 5.41) is 8.80. The summed E-state index contributed by atoms with van der Waals surface area (Å²) >= 11 is 0. The zero-order chi connectivity index (χ0) is 13.0. The molecule has 1 aliphatic heterocycles. The summed E-state index contributed by atoms with van der Waals surface area (Å²) in [6.45, 7) is 6.66. The lowest BCUT2D eigenvalue weighted by Crippen LogP contribution is -2.26. The first kappa shape index (κ1) is 13.1. The molecule has 0 aliphatic carbocycles. The maximum absolute atomic E-state index is 8.80. The molecule has 0 amide bonds. The molecule has 1 saturated heterocycles. The Morgan fingerprint density at radius 1 is 1.33 bits per heavy atom. The van der Waals surface area contributed by atoms with E-state index in [1.165, 1.54) is 18.5 Å². The lowest BCUT2D eigenvalue weighted by molar-refractivity contribution is 0.256. The van der Waals surface area contributed by atoms with Crippen LogP contribution < -0.4 is 0 Å². The molecule has 2 unspecified atom stereocenters. The molecule has 2 nitrogen and oxygen atoms in total. The monoisotopic (exact) mass is 243 g/mol. The number of nitrogens with zero attached hydrogens (tertiary/aromatic N) is 1. The van der Waals surface area contributed by atoms with Gasteiger partial charge in [0, 0.05) is 24.7 Å². The minimum absolute atomic E-state index is 0.0779. The highest BCUT2D eigenvalue weighted by Gasteiger charge is 2.26. The fraction of sp³-hybridized carbons (Fsp3) is 0.500. The van der Waals surface area contributed by atoms with Gasteiger partial charge in [0.25, 0.3) is 0 Å². The molecule has 0 aromatic heterocycles. The first-order valence-electron chi connectivity index (χ1n) is 6.62. The molecule has 2 atom stereocenters. The lowest BCUT2D eigenvalue weighted by atomic mass is 10.1. The molecular formula is C16H21NO. The second kappa shape index (κ2) is 6.04. The summed E-state index contributed by atoms with van der Waals surface area (Å²) in [6.07, 6.45) is 1.28. The van der Waals surface area contributed by atoms with Crippen LogP contribution >= 0.6 is 0 Å². The third-order valence-corrected chi connectivity index (χ3v) is 3.61. The molecule has 0 saturated carbocycles. The van der Waals surface area contributed by atoms with Gasteiger partial charge in [0.2, 0.25) is 0 Å². The van der Waals surface area contributed by atoms with Crippen LogP contribution in [-0.2, 0) is 6.54 Å². The van der Waals surface area contributed by atoms with Gasteiger partial charge in [-0.15, -0.1) is 0 Å².